The maximum Gasteiger partial charge on any atom is 0.269 e. The fourth-order valence-electron chi connectivity index (χ4n) is 8.46. The van der Waals surface area contributed by atoms with Gasteiger partial charge in [0.1, 0.15) is 11.4 Å². The van der Waals surface area contributed by atoms with Gasteiger partial charge in [0, 0.05) is 13.0 Å². The largest absolute Gasteiger partial charge is 0.489 e. The minimum absolute atomic E-state index is 0.124. The molecule has 0 aromatic carbocycles. The first-order chi connectivity index (χ1) is 15.8. The summed E-state index contributed by atoms with van der Waals surface area (Å²) in [6, 6.07) is 3.60. The van der Waals surface area contributed by atoms with Crippen LogP contribution in [0.25, 0.3) is 0 Å². The Labute approximate surface area is 198 Å². The van der Waals surface area contributed by atoms with Crippen molar-refractivity contribution < 1.29 is 14.6 Å². The number of rotatable bonds is 4. The lowest BCUT2D eigenvalue weighted by Crippen LogP contribution is -2.51. The Morgan fingerprint density at radius 1 is 1.18 bits per heavy atom. The summed E-state index contributed by atoms with van der Waals surface area (Å²) in [7, 11) is 1.61. The standard InChI is InChI=1S/C28H40N2O3/c1-17(33-20-6-10-25(30-16-20)26(32)29-4)22-8-9-23-21-7-5-18-15-19(31)11-13-27(18,2)24(21)12-14-28(22,23)3/h5-6,10,16-17,19,21-24,31H,7-9,11-15H2,1-4H3,(H,29,32)/t17?,19-,21-,22+,23-,24-,27-,28+/m0/s1. The summed E-state index contributed by atoms with van der Waals surface area (Å²) in [5.41, 5.74) is 2.57. The molecule has 0 saturated heterocycles. The number of hydrogen-bond acceptors (Lipinski definition) is 4. The molecule has 0 bridgehead atoms. The van der Waals surface area contributed by atoms with E-state index in [1.165, 1.54) is 32.1 Å². The molecule has 180 valence electrons. The van der Waals surface area contributed by atoms with Crippen molar-refractivity contribution in [2.45, 2.75) is 84.3 Å². The summed E-state index contributed by atoms with van der Waals surface area (Å²) in [6.07, 6.45) is 13.5. The third kappa shape index (κ3) is 3.71. The Hall–Kier alpha value is -1.88. The number of ether oxygens (including phenoxy) is 1. The fourth-order valence-corrected chi connectivity index (χ4v) is 8.46. The van der Waals surface area contributed by atoms with E-state index in [4.69, 9.17) is 4.74 Å². The third-order valence-corrected chi connectivity index (χ3v) is 10.2. The topological polar surface area (TPSA) is 71.5 Å². The summed E-state index contributed by atoms with van der Waals surface area (Å²) >= 11 is 0. The second-order valence-corrected chi connectivity index (χ2v) is 11.7. The number of nitrogens with one attached hydrogen (secondary N) is 1. The summed E-state index contributed by atoms with van der Waals surface area (Å²) in [5.74, 6) is 3.38. The van der Waals surface area contributed by atoms with E-state index >= 15 is 0 Å². The highest BCUT2D eigenvalue weighted by Crippen LogP contribution is 2.66. The number of allylic oxidation sites excluding steroid dienone is 1. The van der Waals surface area contributed by atoms with Crippen molar-refractivity contribution in [3.8, 4) is 5.75 Å². The number of amides is 1. The van der Waals surface area contributed by atoms with Crippen molar-refractivity contribution in [1.29, 1.82) is 0 Å². The van der Waals surface area contributed by atoms with Crippen LogP contribution < -0.4 is 10.1 Å². The van der Waals surface area contributed by atoms with Crippen molar-refractivity contribution in [3.05, 3.63) is 35.7 Å². The smallest absolute Gasteiger partial charge is 0.269 e. The molecular formula is C28H40N2O3. The number of aliphatic hydroxyl groups is 1. The molecule has 4 aliphatic carbocycles. The molecule has 3 saturated carbocycles. The van der Waals surface area contributed by atoms with Gasteiger partial charge in [0.15, 0.2) is 0 Å². The number of aliphatic hydroxyl groups excluding tert-OH is 1. The summed E-state index contributed by atoms with van der Waals surface area (Å²) in [4.78, 5) is 16.0. The Morgan fingerprint density at radius 3 is 2.73 bits per heavy atom. The van der Waals surface area contributed by atoms with Gasteiger partial charge in [-0.2, -0.15) is 0 Å². The molecule has 33 heavy (non-hydrogen) atoms. The van der Waals surface area contributed by atoms with Crippen molar-refractivity contribution in [1.82, 2.24) is 10.3 Å². The highest BCUT2D eigenvalue weighted by Gasteiger charge is 2.59. The van der Waals surface area contributed by atoms with Gasteiger partial charge in [0.2, 0.25) is 0 Å². The first-order valence-electron chi connectivity index (χ1n) is 13.0. The van der Waals surface area contributed by atoms with Crippen LogP contribution in [0, 0.1) is 34.5 Å². The molecule has 1 aromatic rings. The minimum atomic E-state index is -0.177. The van der Waals surface area contributed by atoms with Crippen LogP contribution in [0.1, 0.15) is 82.6 Å². The Morgan fingerprint density at radius 2 is 2.00 bits per heavy atom. The van der Waals surface area contributed by atoms with Crippen molar-refractivity contribution >= 4 is 5.91 Å². The van der Waals surface area contributed by atoms with E-state index in [1.54, 1.807) is 24.9 Å². The van der Waals surface area contributed by atoms with Crippen molar-refractivity contribution in [2.75, 3.05) is 7.05 Å². The first-order valence-corrected chi connectivity index (χ1v) is 13.0. The van der Waals surface area contributed by atoms with E-state index in [-0.39, 0.29) is 18.1 Å². The fraction of sp³-hybridized carbons (Fsp3) is 0.714. The summed E-state index contributed by atoms with van der Waals surface area (Å²) < 4.78 is 6.40. The number of aromatic nitrogens is 1. The van der Waals surface area contributed by atoms with Crippen LogP contribution in [0.4, 0.5) is 0 Å². The Balaban J connectivity index is 1.31. The van der Waals surface area contributed by atoms with E-state index < -0.39 is 0 Å². The van der Waals surface area contributed by atoms with Gasteiger partial charge in [0.25, 0.3) is 5.91 Å². The maximum absolute atomic E-state index is 11.8. The highest BCUT2D eigenvalue weighted by molar-refractivity contribution is 5.91. The van der Waals surface area contributed by atoms with Gasteiger partial charge < -0.3 is 15.2 Å². The Kier molecular flexibility index (Phi) is 5.83. The zero-order valence-corrected chi connectivity index (χ0v) is 20.6. The molecule has 4 aliphatic rings. The second-order valence-electron chi connectivity index (χ2n) is 11.7. The number of fused-ring (bicyclic) bond motifs is 5. The quantitative estimate of drug-likeness (QED) is 0.620. The summed E-state index contributed by atoms with van der Waals surface area (Å²) in [6.45, 7) is 7.25. The molecule has 8 atom stereocenters. The van der Waals surface area contributed by atoms with Crippen LogP contribution >= 0.6 is 0 Å². The van der Waals surface area contributed by atoms with Gasteiger partial charge >= 0.3 is 0 Å². The number of carbonyl (C=O) groups is 1. The lowest BCUT2D eigenvalue weighted by atomic mass is 9.47. The molecule has 1 amide bonds. The van der Waals surface area contributed by atoms with E-state index in [9.17, 15) is 9.90 Å². The third-order valence-electron chi connectivity index (χ3n) is 10.2. The van der Waals surface area contributed by atoms with E-state index in [1.807, 2.05) is 6.07 Å². The van der Waals surface area contributed by atoms with Crippen LogP contribution in [0.3, 0.4) is 0 Å². The molecular weight excluding hydrogens is 412 g/mol. The van der Waals surface area contributed by atoms with Crippen LogP contribution in [0.15, 0.2) is 30.0 Å². The zero-order chi connectivity index (χ0) is 23.4. The van der Waals surface area contributed by atoms with Gasteiger partial charge in [-0.1, -0.05) is 25.5 Å². The van der Waals surface area contributed by atoms with Crippen molar-refractivity contribution in [2.24, 2.45) is 34.5 Å². The van der Waals surface area contributed by atoms with Crippen LogP contribution in [0.5, 0.6) is 5.75 Å². The minimum Gasteiger partial charge on any atom is -0.489 e. The highest BCUT2D eigenvalue weighted by atomic mass is 16.5. The second kappa shape index (κ2) is 8.41. The molecule has 1 heterocycles. The predicted molar refractivity (Wildman–Crippen MR) is 129 cm³/mol. The molecule has 0 spiro atoms. The van der Waals surface area contributed by atoms with Gasteiger partial charge in [-0.3, -0.25) is 4.79 Å². The zero-order valence-electron chi connectivity index (χ0n) is 20.6. The number of pyridine rings is 1. The molecule has 1 unspecified atom stereocenters. The maximum atomic E-state index is 11.8. The first kappa shape index (κ1) is 22.9. The lowest BCUT2D eigenvalue weighted by molar-refractivity contribution is -0.0643. The molecule has 5 heteroatoms. The molecule has 5 rings (SSSR count). The molecule has 3 fully saturated rings. The summed E-state index contributed by atoms with van der Waals surface area (Å²) in [5, 5.41) is 12.9. The molecule has 0 radical (unpaired) electrons. The normalized spacial score (nSPS) is 40.6. The average molecular weight is 453 g/mol. The number of hydrogen-bond donors (Lipinski definition) is 2. The van der Waals surface area contributed by atoms with Crippen molar-refractivity contribution in [3.63, 3.8) is 0 Å². The number of nitrogens with zero attached hydrogens (tertiary/aromatic N) is 1. The molecule has 5 nitrogen and oxygen atoms in total. The average Bonchev–Trinajstić information content (AvgIpc) is 3.17. The molecule has 0 aliphatic heterocycles. The molecule has 1 aromatic heterocycles. The lowest BCUT2D eigenvalue weighted by Gasteiger charge is -2.58. The Bertz CT molecular complexity index is 928. The van der Waals surface area contributed by atoms with E-state index in [0.29, 0.717) is 22.4 Å². The monoisotopic (exact) mass is 452 g/mol. The van der Waals surface area contributed by atoms with Crippen LogP contribution in [0.2, 0.25) is 0 Å². The van der Waals surface area contributed by atoms with Gasteiger partial charge in [-0.15, -0.1) is 0 Å². The van der Waals surface area contributed by atoms with E-state index in [2.05, 4.69) is 37.1 Å². The number of carbonyl (C=O) groups excluding carboxylic acids is 1. The van der Waals surface area contributed by atoms with Gasteiger partial charge in [-0.25, -0.2) is 4.98 Å². The molecule has 2 N–H and O–H groups in total. The predicted octanol–water partition coefficient (Wildman–Crippen LogP) is 5.15. The van der Waals surface area contributed by atoms with Crippen LogP contribution in [-0.2, 0) is 0 Å². The van der Waals surface area contributed by atoms with Gasteiger partial charge in [0.05, 0.1) is 18.4 Å². The van der Waals surface area contributed by atoms with Gasteiger partial charge in [-0.05, 0) is 99.0 Å². The van der Waals surface area contributed by atoms with E-state index in [0.717, 1.165) is 42.8 Å². The van der Waals surface area contributed by atoms with Crippen LogP contribution in [-0.4, -0.2) is 35.3 Å². The SMILES string of the molecule is CNC(=O)c1ccc(OC(C)[C@H]2CC[C@H]3[C@@H]4CC=C5C[C@@H](O)CC[C@]5(C)[C@H]4CC[C@]23C)cn1.